The lowest BCUT2D eigenvalue weighted by Crippen LogP contribution is -2.42. The average Bonchev–Trinajstić information content (AvgIpc) is 3.25. The van der Waals surface area contributed by atoms with Gasteiger partial charge in [0.05, 0.1) is 23.8 Å². The Morgan fingerprint density at radius 2 is 1.97 bits per heavy atom. The second kappa shape index (κ2) is 11.0. The van der Waals surface area contributed by atoms with Crippen molar-refractivity contribution in [1.82, 2.24) is 19.8 Å². The van der Waals surface area contributed by atoms with Crippen molar-refractivity contribution in [2.45, 2.75) is 44.1 Å². The molecule has 1 aliphatic carbocycles. The largest absolute Gasteiger partial charge is 0.619 e. The zero-order chi connectivity index (χ0) is 24.9. The number of nitrogens with zero attached hydrogens (tertiary/aromatic N) is 4. The van der Waals surface area contributed by atoms with Gasteiger partial charge in [-0.1, -0.05) is 37.3 Å². The molecule has 4 rings (SSSR count). The van der Waals surface area contributed by atoms with E-state index in [2.05, 4.69) is 5.32 Å². The molecule has 2 unspecified atom stereocenters. The van der Waals surface area contributed by atoms with E-state index in [-0.39, 0.29) is 16.8 Å². The van der Waals surface area contributed by atoms with Crippen molar-refractivity contribution in [2.24, 2.45) is 0 Å². The number of aromatic nitrogens is 3. The quantitative estimate of drug-likeness (QED) is 0.279. The number of hydrogen-bond donors (Lipinski definition) is 1. The van der Waals surface area contributed by atoms with Gasteiger partial charge in [-0.15, -0.1) is 11.6 Å². The lowest BCUT2D eigenvalue weighted by atomic mass is 10.1. The maximum absolute atomic E-state index is 13.7. The number of likely N-dealkylation sites (N-methyl/N-ethyl adjacent to an activating group) is 1. The molecule has 0 saturated heterocycles. The molecule has 0 aliphatic heterocycles. The number of rotatable bonds is 9. The van der Waals surface area contributed by atoms with Gasteiger partial charge in [0.15, 0.2) is 12.4 Å². The minimum absolute atomic E-state index is 0.0939. The molecule has 35 heavy (non-hydrogen) atoms. The Kier molecular flexibility index (Phi) is 7.83. The van der Waals surface area contributed by atoms with Gasteiger partial charge in [0.25, 0.3) is 11.5 Å². The molecule has 1 N–H and O–H groups in total. The molecule has 184 valence electrons. The molecule has 0 fully saturated rings. The van der Waals surface area contributed by atoms with Gasteiger partial charge in [0, 0.05) is 42.6 Å². The van der Waals surface area contributed by atoms with Crippen LogP contribution in [-0.4, -0.2) is 45.9 Å². The first-order valence-corrected chi connectivity index (χ1v) is 12.3. The first-order valence-electron chi connectivity index (χ1n) is 11.9. The number of carbonyl (C=O) groups excluding carboxylic acids is 1. The molecular formula is C26H30ClN5O3. The van der Waals surface area contributed by atoms with E-state index in [0.29, 0.717) is 60.6 Å². The zero-order valence-electron chi connectivity index (χ0n) is 20.0. The van der Waals surface area contributed by atoms with Gasteiger partial charge in [-0.25, -0.2) is 4.98 Å². The van der Waals surface area contributed by atoms with Gasteiger partial charge in [0.2, 0.25) is 0 Å². The maximum Gasteiger partial charge on any atom is 0.257 e. The monoisotopic (exact) mass is 495 g/mol. The van der Waals surface area contributed by atoms with E-state index >= 15 is 0 Å². The molecule has 3 aromatic rings. The standard InChI is InChI=1S/C26H30ClN5O3/c1-3-23(31(14-11-28-2)25(33)19-9-12-30(35)13-10-19)24-29-22-16-20(27)15-21(22)26(34)32(24)17-18-7-5-4-6-8-18/h4-10,12-13,20,23,28H,3,11,14-17H2,1-2H3. The first kappa shape index (κ1) is 24.9. The molecule has 1 aliphatic rings. The Labute approximate surface area is 209 Å². The lowest BCUT2D eigenvalue weighted by Gasteiger charge is -2.32. The van der Waals surface area contributed by atoms with Gasteiger partial charge in [0.1, 0.15) is 5.82 Å². The summed E-state index contributed by atoms with van der Waals surface area (Å²) in [5, 5.41) is 14.5. The van der Waals surface area contributed by atoms with Crippen LogP contribution in [-0.2, 0) is 19.4 Å². The number of fused-ring (bicyclic) bond motifs is 1. The fraction of sp³-hybridized carbons (Fsp3) is 0.385. The van der Waals surface area contributed by atoms with Crippen molar-refractivity contribution >= 4 is 17.5 Å². The highest BCUT2D eigenvalue weighted by Crippen LogP contribution is 2.28. The normalized spacial score (nSPS) is 15.6. The van der Waals surface area contributed by atoms with Crippen LogP contribution in [0, 0.1) is 5.21 Å². The van der Waals surface area contributed by atoms with Crippen LogP contribution in [0.5, 0.6) is 0 Å². The van der Waals surface area contributed by atoms with Crippen LogP contribution >= 0.6 is 11.6 Å². The van der Waals surface area contributed by atoms with E-state index in [1.807, 2.05) is 44.3 Å². The fourth-order valence-electron chi connectivity index (χ4n) is 4.60. The molecule has 0 bridgehead atoms. The summed E-state index contributed by atoms with van der Waals surface area (Å²) in [7, 11) is 1.83. The van der Waals surface area contributed by atoms with Crippen LogP contribution in [0.25, 0.3) is 0 Å². The van der Waals surface area contributed by atoms with Gasteiger partial charge in [-0.2, -0.15) is 4.73 Å². The SMILES string of the molecule is CCC(c1nc2c(c(=O)n1Cc1ccccc1)CC(Cl)C2)N(CCNC)C(=O)c1cc[n+]([O-])cc1. The third-order valence-corrected chi connectivity index (χ3v) is 6.68. The average molecular weight is 496 g/mol. The number of carbonyl (C=O) groups is 1. The Hall–Kier alpha value is -3.23. The topological polar surface area (TPSA) is 94.2 Å². The predicted octanol–water partition coefficient (Wildman–Crippen LogP) is 2.44. The highest BCUT2D eigenvalue weighted by molar-refractivity contribution is 6.21. The van der Waals surface area contributed by atoms with Crippen molar-refractivity contribution < 1.29 is 9.52 Å². The van der Waals surface area contributed by atoms with Gasteiger partial charge in [-0.05, 0) is 25.5 Å². The maximum atomic E-state index is 13.7. The van der Waals surface area contributed by atoms with Crippen LogP contribution in [0.1, 0.15) is 52.4 Å². The van der Waals surface area contributed by atoms with Crippen LogP contribution < -0.4 is 15.6 Å². The van der Waals surface area contributed by atoms with E-state index in [4.69, 9.17) is 16.6 Å². The molecule has 0 saturated carbocycles. The third kappa shape index (κ3) is 5.39. The second-order valence-electron chi connectivity index (χ2n) is 8.75. The van der Waals surface area contributed by atoms with Gasteiger partial charge >= 0.3 is 0 Å². The van der Waals surface area contributed by atoms with Crippen molar-refractivity contribution in [3.63, 3.8) is 0 Å². The van der Waals surface area contributed by atoms with Crippen LogP contribution in [0.2, 0.25) is 0 Å². The second-order valence-corrected chi connectivity index (χ2v) is 9.37. The van der Waals surface area contributed by atoms with Gasteiger partial charge in [-0.3, -0.25) is 14.2 Å². The molecule has 2 heterocycles. The van der Waals surface area contributed by atoms with Crippen LogP contribution in [0.3, 0.4) is 0 Å². The fourth-order valence-corrected chi connectivity index (χ4v) is 4.90. The van der Waals surface area contributed by atoms with Crippen LogP contribution in [0.15, 0.2) is 59.7 Å². The van der Waals surface area contributed by atoms with Crippen molar-refractivity contribution in [1.29, 1.82) is 0 Å². The van der Waals surface area contributed by atoms with E-state index in [1.165, 1.54) is 24.5 Å². The number of halogens is 1. The summed E-state index contributed by atoms with van der Waals surface area (Å²) in [4.78, 5) is 34.0. The van der Waals surface area contributed by atoms with Crippen molar-refractivity contribution in [2.75, 3.05) is 20.1 Å². The van der Waals surface area contributed by atoms with E-state index in [1.54, 1.807) is 9.47 Å². The Morgan fingerprint density at radius 1 is 1.26 bits per heavy atom. The lowest BCUT2D eigenvalue weighted by molar-refractivity contribution is -0.605. The molecule has 2 aromatic heterocycles. The molecule has 1 amide bonds. The minimum atomic E-state index is -0.438. The summed E-state index contributed by atoms with van der Waals surface area (Å²) in [5.41, 5.74) is 2.68. The van der Waals surface area contributed by atoms with E-state index in [0.717, 1.165) is 11.3 Å². The highest BCUT2D eigenvalue weighted by Gasteiger charge is 2.32. The summed E-state index contributed by atoms with van der Waals surface area (Å²) in [6.07, 6.45) is 4.22. The number of nitrogens with one attached hydrogen (secondary N) is 1. The molecule has 0 spiro atoms. The van der Waals surface area contributed by atoms with E-state index in [9.17, 15) is 14.8 Å². The molecule has 2 atom stereocenters. The summed E-state index contributed by atoms with van der Waals surface area (Å²) < 4.78 is 2.35. The summed E-state index contributed by atoms with van der Waals surface area (Å²) in [6, 6.07) is 12.3. The summed E-state index contributed by atoms with van der Waals surface area (Å²) in [6.45, 7) is 3.32. The third-order valence-electron chi connectivity index (χ3n) is 6.38. The number of benzene rings is 1. The highest BCUT2D eigenvalue weighted by atomic mass is 35.5. The summed E-state index contributed by atoms with van der Waals surface area (Å²) in [5.74, 6) is 0.342. The van der Waals surface area contributed by atoms with E-state index < -0.39 is 6.04 Å². The molecule has 0 radical (unpaired) electrons. The number of alkyl halides is 1. The molecule has 8 nitrogen and oxygen atoms in total. The number of pyridine rings is 1. The first-order chi connectivity index (χ1) is 16.9. The predicted molar refractivity (Wildman–Crippen MR) is 134 cm³/mol. The van der Waals surface area contributed by atoms with Gasteiger partial charge < -0.3 is 15.4 Å². The Balaban J connectivity index is 1.82. The number of hydrogen-bond acceptors (Lipinski definition) is 5. The Bertz CT molecular complexity index is 1230. The smallest absolute Gasteiger partial charge is 0.257 e. The summed E-state index contributed by atoms with van der Waals surface area (Å²) >= 11 is 6.41. The van der Waals surface area contributed by atoms with Crippen molar-refractivity contribution in [3.05, 3.63) is 98.6 Å². The Morgan fingerprint density at radius 3 is 2.63 bits per heavy atom. The molecule has 1 aromatic carbocycles. The minimum Gasteiger partial charge on any atom is -0.619 e. The van der Waals surface area contributed by atoms with Crippen molar-refractivity contribution in [3.8, 4) is 0 Å². The van der Waals surface area contributed by atoms with Crippen LogP contribution in [0.4, 0.5) is 0 Å². The molecule has 9 heteroatoms. The molecular weight excluding hydrogens is 466 g/mol. The zero-order valence-corrected chi connectivity index (χ0v) is 20.7. The number of amides is 1.